The number of carbonyl (C=O) groups excluding carboxylic acids is 1. The summed E-state index contributed by atoms with van der Waals surface area (Å²) in [7, 11) is 1.79. The van der Waals surface area contributed by atoms with Crippen molar-refractivity contribution in [1.29, 1.82) is 0 Å². The maximum absolute atomic E-state index is 12.4. The molecule has 2 aromatic carbocycles. The largest absolute Gasteiger partial charge is 0.356 e. The number of guanidine groups is 1. The molecular formula is C25H35IN4O. The zero-order valence-electron chi connectivity index (χ0n) is 18.9. The molecule has 1 amide bonds. The lowest BCUT2D eigenvalue weighted by Crippen LogP contribution is -2.41. The van der Waals surface area contributed by atoms with Crippen LogP contribution in [0.5, 0.6) is 0 Å². The first kappa shape index (κ1) is 25.2. The van der Waals surface area contributed by atoms with E-state index in [4.69, 9.17) is 0 Å². The molecule has 1 aliphatic heterocycles. The van der Waals surface area contributed by atoms with Gasteiger partial charge in [0.25, 0.3) is 0 Å². The third-order valence-corrected chi connectivity index (χ3v) is 5.77. The number of nitrogens with one attached hydrogen (secondary N) is 2. The van der Waals surface area contributed by atoms with E-state index in [2.05, 4.69) is 59.8 Å². The van der Waals surface area contributed by atoms with E-state index in [0.29, 0.717) is 12.3 Å². The van der Waals surface area contributed by atoms with Crippen LogP contribution in [-0.4, -0.2) is 50.0 Å². The average molecular weight is 534 g/mol. The Balaban J connectivity index is 0.00000341. The van der Waals surface area contributed by atoms with Crippen molar-refractivity contribution in [3.05, 3.63) is 70.8 Å². The summed E-state index contributed by atoms with van der Waals surface area (Å²) >= 11 is 0. The summed E-state index contributed by atoms with van der Waals surface area (Å²) in [6, 6.07) is 16.9. The Morgan fingerprint density at radius 2 is 1.87 bits per heavy atom. The second-order valence-corrected chi connectivity index (χ2v) is 8.21. The quantitative estimate of drug-likeness (QED) is 0.309. The molecule has 168 valence electrons. The lowest BCUT2D eigenvalue weighted by atomic mass is 10.0. The number of hydrogen-bond acceptors (Lipinski definition) is 2. The number of carbonyl (C=O) groups is 1. The Kier molecular flexibility index (Phi) is 10.3. The summed E-state index contributed by atoms with van der Waals surface area (Å²) < 4.78 is 0. The number of halogens is 1. The van der Waals surface area contributed by atoms with Crippen LogP contribution in [0.2, 0.25) is 0 Å². The Morgan fingerprint density at radius 1 is 1.10 bits per heavy atom. The SMILES string of the molecule is CN=C(NCCc1ccc(C)cc1C)NCC1CC(=O)N(CCc2ccccc2)C1.I. The predicted molar refractivity (Wildman–Crippen MR) is 139 cm³/mol. The van der Waals surface area contributed by atoms with E-state index in [1.807, 2.05) is 23.1 Å². The fourth-order valence-electron chi connectivity index (χ4n) is 4.02. The molecule has 0 spiro atoms. The summed E-state index contributed by atoms with van der Waals surface area (Å²) in [5.41, 5.74) is 5.27. The lowest BCUT2D eigenvalue weighted by molar-refractivity contribution is -0.127. The van der Waals surface area contributed by atoms with Gasteiger partial charge in [-0.05, 0) is 43.4 Å². The average Bonchev–Trinajstić information content (AvgIpc) is 3.10. The Bertz CT molecular complexity index is 869. The lowest BCUT2D eigenvalue weighted by Gasteiger charge is -2.18. The van der Waals surface area contributed by atoms with Crippen LogP contribution in [0.25, 0.3) is 0 Å². The van der Waals surface area contributed by atoms with Crippen molar-refractivity contribution in [2.75, 3.05) is 33.2 Å². The van der Waals surface area contributed by atoms with E-state index in [-0.39, 0.29) is 29.9 Å². The number of likely N-dealkylation sites (tertiary alicyclic amines) is 1. The summed E-state index contributed by atoms with van der Waals surface area (Å²) in [5.74, 6) is 1.39. The molecule has 3 rings (SSSR count). The minimum Gasteiger partial charge on any atom is -0.356 e. The number of benzene rings is 2. The van der Waals surface area contributed by atoms with E-state index >= 15 is 0 Å². The van der Waals surface area contributed by atoms with Gasteiger partial charge in [0.05, 0.1) is 0 Å². The van der Waals surface area contributed by atoms with Gasteiger partial charge in [-0.25, -0.2) is 0 Å². The Labute approximate surface area is 203 Å². The highest BCUT2D eigenvalue weighted by Crippen LogP contribution is 2.17. The van der Waals surface area contributed by atoms with Crippen molar-refractivity contribution in [2.45, 2.75) is 33.1 Å². The van der Waals surface area contributed by atoms with Crippen LogP contribution in [0.3, 0.4) is 0 Å². The van der Waals surface area contributed by atoms with Crippen molar-refractivity contribution in [3.8, 4) is 0 Å². The van der Waals surface area contributed by atoms with Gasteiger partial charge in [0.1, 0.15) is 0 Å². The summed E-state index contributed by atoms with van der Waals surface area (Å²) in [4.78, 5) is 18.7. The molecule has 6 heteroatoms. The van der Waals surface area contributed by atoms with Gasteiger partial charge in [-0.1, -0.05) is 54.1 Å². The third-order valence-electron chi connectivity index (χ3n) is 5.77. The molecule has 1 heterocycles. The molecule has 0 aliphatic carbocycles. The molecule has 1 fully saturated rings. The molecule has 31 heavy (non-hydrogen) atoms. The van der Waals surface area contributed by atoms with Gasteiger partial charge in [-0.3, -0.25) is 9.79 Å². The first-order valence-electron chi connectivity index (χ1n) is 10.9. The van der Waals surface area contributed by atoms with Gasteiger partial charge < -0.3 is 15.5 Å². The Hall–Kier alpha value is -2.09. The summed E-state index contributed by atoms with van der Waals surface area (Å²) in [5, 5.41) is 6.79. The fraction of sp³-hybridized carbons (Fsp3) is 0.440. The normalized spacial score (nSPS) is 16.2. The smallest absolute Gasteiger partial charge is 0.223 e. The van der Waals surface area contributed by atoms with E-state index < -0.39 is 0 Å². The molecule has 2 N–H and O–H groups in total. The van der Waals surface area contributed by atoms with Crippen LogP contribution in [0.1, 0.15) is 28.7 Å². The molecule has 0 radical (unpaired) electrons. The van der Waals surface area contributed by atoms with Crippen LogP contribution in [-0.2, 0) is 17.6 Å². The molecule has 2 aromatic rings. The van der Waals surface area contributed by atoms with E-state index in [1.54, 1.807) is 7.05 Å². The topological polar surface area (TPSA) is 56.7 Å². The fourth-order valence-corrected chi connectivity index (χ4v) is 4.02. The minimum absolute atomic E-state index is 0. The molecular weight excluding hydrogens is 499 g/mol. The van der Waals surface area contributed by atoms with Gasteiger partial charge in [0.15, 0.2) is 5.96 Å². The first-order valence-corrected chi connectivity index (χ1v) is 10.9. The van der Waals surface area contributed by atoms with Crippen LogP contribution < -0.4 is 10.6 Å². The van der Waals surface area contributed by atoms with Crippen LogP contribution >= 0.6 is 24.0 Å². The molecule has 0 aromatic heterocycles. The summed E-state index contributed by atoms with van der Waals surface area (Å²) in [6.07, 6.45) is 2.48. The van der Waals surface area contributed by atoms with Crippen molar-refractivity contribution in [1.82, 2.24) is 15.5 Å². The van der Waals surface area contributed by atoms with Gasteiger partial charge in [-0.15, -0.1) is 24.0 Å². The molecule has 1 saturated heterocycles. The standard InChI is InChI=1S/C25H34N4O.HI/c1-19-9-10-23(20(2)15-19)11-13-27-25(26-3)28-17-22-16-24(30)29(18-22)14-12-21-7-5-4-6-8-21;/h4-10,15,22H,11-14,16-18H2,1-3H3,(H2,26,27,28);1H. The number of aryl methyl sites for hydroxylation is 2. The number of nitrogens with zero attached hydrogens (tertiary/aromatic N) is 2. The second kappa shape index (κ2) is 12.7. The van der Waals surface area contributed by atoms with Crippen molar-refractivity contribution in [2.24, 2.45) is 10.9 Å². The molecule has 1 unspecified atom stereocenters. The zero-order chi connectivity index (χ0) is 21.3. The van der Waals surface area contributed by atoms with E-state index in [1.165, 1.54) is 22.3 Å². The van der Waals surface area contributed by atoms with Crippen LogP contribution in [0, 0.1) is 19.8 Å². The Morgan fingerprint density at radius 3 is 2.58 bits per heavy atom. The number of aliphatic imine (C=N–C) groups is 1. The molecule has 1 aliphatic rings. The third kappa shape index (κ3) is 7.83. The van der Waals surface area contributed by atoms with E-state index in [0.717, 1.165) is 45.0 Å². The van der Waals surface area contributed by atoms with E-state index in [9.17, 15) is 4.79 Å². The maximum Gasteiger partial charge on any atom is 0.223 e. The molecule has 5 nitrogen and oxygen atoms in total. The highest BCUT2D eigenvalue weighted by atomic mass is 127. The van der Waals surface area contributed by atoms with Gasteiger partial charge in [-0.2, -0.15) is 0 Å². The van der Waals surface area contributed by atoms with Gasteiger partial charge in [0.2, 0.25) is 5.91 Å². The first-order chi connectivity index (χ1) is 14.5. The van der Waals surface area contributed by atoms with Crippen molar-refractivity contribution >= 4 is 35.8 Å². The van der Waals surface area contributed by atoms with Crippen molar-refractivity contribution in [3.63, 3.8) is 0 Å². The number of hydrogen-bond donors (Lipinski definition) is 2. The highest BCUT2D eigenvalue weighted by molar-refractivity contribution is 14.0. The van der Waals surface area contributed by atoms with Crippen LogP contribution in [0.4, 0.5) is 0 Å². The predicted octanol–water partition coefficient (Wildman–Crippen LogP) is 3.72. The molecule has 0 saturated carbocycles. The maximum atomic E-state index is 12.4. The number of rotatable bonds is 8. The van der Waals surface area contributed by atoms with Gasteiger partial charge >= 0.3 is 0 Å². The van der Waals surface area contributed by atoms with Crippen molar-refractivity contribution < 1.29 is 4.79 Å². The molecule has 1 atom stereocenters. The molecule has 0 bridgehead atoms. The highest BCUT2D eigenvalue weighted by Gasteiger charge is 2.29. The number of amides is 1. The van der Waals surface area contributed by atoms with Crippen LogP contribution in [0.15, 0.2) is 53.5 Å². The second-order valence-electron chi connectivity index (χ2n) is 8.21. The summed E-state index contributed by atoms with van der Waals surface area (Å²) in [6.45, 7) is 7.49. The minimum atomic E-state index is 0. The monoisotopic (exact) mass is 534 g/mol. The zero-order valence-corrected chi connectivity index (χ0v) is 21.2. The van der Waals surface area contributed by atoms with Gasteiger partial charge in [0, 0.05) is 45.6 Å².